The van der Waals surface area contributed by atoms with Crippen LogP contribution in [0.15, 0.2) is 71.6 Å². The lowest BCUT2D eigenvalue weighted by Crippen LogP contribution is -2.24. The van der Waals surface area contributed by atoms with E-state index in [9.17, 15) is 26.4 Å². The second kappa shape index (κ2) is 10.2. The number of ether oxygens (including phenoxy) is 1. The van der Waals surface area contributed by atoms with Gasteiger partial charge in [-0.15, -0.1) is 0 Å². The number of benzene rings is 3. The van der Waals surface area contributed by atoms with Crippen molar-refractivity contribution < 1.29 is 31.1 Å². The van der Waals surface area contributed by atoms with Gasteiger partial charge in [0.1, 0.15) is 5.75 Å². The van der Waals surface area contributed by atoms with E-state index >= 15 is 0 Å². The van der Waals surface area contributed by atoms with Crippen molar-refractivity contribution in [1.29, 1.82) is 0 Å². The Bertz CT molecular complexity index is 1290. The molecule has 0 heterocycles. The summed E-state index contributed by atoms with van der Waals surface area (Å²) in [5.74, 6) is -0.498. The Hall–Kier alpha value is -3.53. The highest BCUT2D eigenvalue weighted by Crippen LogP contribution is 2.22. The minimum Gasteiger partial charge on any atom is -0.484 e. The Morgan fingerprint density at radius 2 is 1.68 bits per heavy atom. The van der Waals surface area contributed by atoms with Crippen LogP contribution in [0.2, 0.25) is 0 Å². The normalized spacial score (nSPS) is 11.7. The van der Waals surface area contributed by atoms with Crippen LogP contribution in [0.25, 0.3) is 0 Å². The Kier molecular flexibility index (Phi) is 7.51. The molecular formula is C24H23F3N2O4S. The molecule has 6 nitrogen and oxygen atoms in total. The van der Waals surface area contributed by atoms with Crippen LogP contribution in [-0.2, 0) is 16.6 Å². The number of rotatable bonds is 8. The lowest BCUT2D eigenvalue weighted by atomic mass is 10.1. The molecule has 2 N–H and O–H groups in total. The zero-order valence-corrected chi connectivity index (χ0v) is 19.3. The molecule has 0 bridgehead atoms. The van der Waals surface area contributed by atoms with Crippen molar-refractivity contribution in [3.05, 3.63) is 89.0 Å². The summed E-state index contributed by atoms with van der Waals surface area (Å²) in [6.07, 6.45) is -4.46. The van der Waals surface area contributed by atoms with Gasteiger partial charge in [0.25, 0.3) is 15.9 Å². The van der Waals surface area contributed by atoms with E-state index in [0.717, 1.165) is 5.56 Å². The molecule has 3 aromatic rings. The van der Waals surface area contributed by atoms with E-state index in [-0.39, 0.29) is 22.8 Å². The summed E-state index contributed by atoms with van der Waals surface area (Å²) in [4.78, 5) is 12.7. The molecule has 0 aliphatic rings. The third kappa shape index (κ3) is 6.74. The number of hydrogen-bond acceptors (Lipinski definition) is 4. The monoisotopic (exact) mass is 492 g/mol. The molecule has 10 heteroatoms. The highest BCUT2D eigenvalue weighted by Gasteiger charge is 2.28. The van der Waals surface area contributed by atoms with Gasteiger partial charge in [0.05, 0.1) is 10.6 Å². The minimum absolute atomic E-state index is 0.0138. The van der Waals surface area contributed by atoms with Gasteiger partial charge in [0.15, 0.2) is 6.61 Å². The second-order valence-electron chi connectivity index (χ2n) is 7.63. The van der Waals surface area contributed by atoms with E-state index < -0.39 is 28.7 Å². The molecule has 0 saturated heterocycles. The first-order valence-corrected chi connectivity index (χ1v) is 11.7. The zero-order chi connectivity index (χ0) is 24.9. The Morgan fingerprint density at radius 1 is 0.941 bits per heavy atom. The van der Waals surface area contributed by atoms with Gasteiger partial charge in [-0.3, -0.25) is 9.52 Å². The lowest BCUT2D eigenvalue weighted by molar-refractivity contribution is -0.153. The Morgan fingerprint density at radius 3 is 2.38 bits per heavy atom. The number of hydrogen-bond donors (Lipinski definition) is 2. The number of anilines is 1. The molecule has 0 radical (unpaired) electrons. The molecule has 0 saturated carbocycles. The lowest BCUT2D eigenvalue weighted by Gasteiger charge is -2.13. The van der Waals surface area contributed by atoms with Crippen LogP contribution in [-0.4, -0.2) is 27.1 Å². The Balaban J connectivity index is 1.72. The van der Waals surface area contributed by atoms with Crippen molar-refractivity contribution in [2.45, 2.75) is 31.5 Å². The average molecular weight is 493 g/mol. The average Bonchev–Trinajstić information content (AvgIpc) is 2.77. The quantitative estimate of drug-likeness (QED) is 0.465. The SMILES string of the molecule is Cc1ccccc1NS(=O)(=O)c1ccc(C)c(C(=O)NCc2cccc(OCC(F)(F)F)c2)c1. The number of para-hydroxylation sites is 1. The molecule has 0 aromatic heterocycles. The molecule has 0 unspecified atom stereocenters. The molecule has 3 rings (SSSR count). The largest absolute Gasteiger partial charge is 0.484 e. The summed E-state index contributed by atoms with van der Waals surface area (Å²) >= 11 is 0. The van der Waals surface area contributed by atoms with Gasteiger partial charge < -0.3 is 10.1 Å². The first-order valence-electron chi connectivity index (χ1n) is 10.2. The number of amides is 1. The number of nitrogens with one attached hydrogen (secondary N) is 2. The number of sulfonamides is 1. The molecule has 180 valence electrons. The van der Waals surface area contributed by atoms with Crippen LogP contribution in [0.3, 0.4) is 0 Å². The number of carbonyl (C=O) groups is 1. The van der Waals surface area contributed by atoms with Crippen molar-refractivity contribution in [2.24, 2.45) is 0 Å². The topological polar surface area (TPSA) is 84.5 Å². The summed E-state index contributed by atoms with van der Waals surface area (Å²) in [6.45, 7) is 2.04. The Labute approximate surface area is 195 Å². The number of carbonyl (C=O) groups excluding carboxylic acids is 1. The van der Waals surface area contributed by atoms with Gasteiger partial charge >= 0.3 is 6.18 Å². The summed E-state index contributed by atoms with van der Waals surface area (Å²) < 4.78 is 70.0. The fraction of sp³-hybridized carbons (Fsp3) is 0.208. The molecule has 0 aliphatic carbocycles. The van der Waals surface area contributed by atoms with Gasteiger partial charge in [-0.25, -0.2) is 8.42 Å². The van der Waals surface area contributed by atoms with E-state index in [1.165, 1.54) is 36.4 Å². The van der Waals surface area contributed by atoms with Crippen LogP contribution in [0, 0.1) is 13.8 Å². The van der Waals surface area contributed by atoms with Crippen LogP contribution < -0.4 is 14.8 Å². The first-order chi connectivity index (χ1) is 15.9. The van der Waals surface area contributed by atoms with Crippen LogP contribution in [0.5, 0.6) is 5.75 Å². The molecule has 0 fully saturated rings. The highest BCUT2D eigenvalue weighted by atomic mass is 32.2. The predicted octanol–water partition coefficient (Wildman–Crippen LogP) is 4.98. The number of aryl methyl sites for hydroxylation is 2. The van der Waals surface area contributed by atoms with E-state index in [1.54, 1.807) is 44.2 Å². The van der Waals surface area contributed by atoms with E-state index in [0.29, 0.717) is 16.8 Å². The first kappa shape index (κ1) is 25.1. The van der Waals surface area contributed by atoms with Gasteiger partial charge in [-0.1, -0.05) is 36.4 Å². The van der Waals surface area contributed by atoms with Crippen LogP contribution in [0.1, 0.15) is 27.0 Å². The minimum atomic E-state index is -4.46. The third-order valence-corrected chi connectivity index (χ3v) is 6.27. The molecule has 1 amide bonds. The van der Waals surface area contributed by atoms with Gasteiger partial charge in [-0.05, 0) is 60.9 Å². The van der Waals surface area contributed by atoms with Crippen molar-refractivity contribution >= 4 is 21.6 Å². The summed E-state index contributed by atoms with van der Waals surface area (Å²) in [6, 6.07) is 17.1. The van der Waals surface area contributed by atoms with Crippen LogP contribution >= 0.6 is 0 Å². The molecule has 0 spiro atoms. The number of alkyl halides is 3. The maximum atomic E-state index is 12.9. The summed E-state index contributed by atoms with van der Waals surface area (Å²) in [5, 5.41) is 2.66. The smallest absolute Gasteiger partial charge is 0.422 e. The predicted molar refractivity (Wildman–Crippen MR) is 122 cm³/mol. The zero-order valence-electron chi connectivity index (χ0n) is 18.4. The maximum absolute atomic E-state index is 12.9. The van der Waals surface area contributed by atoms with Gasteiger partial charge in [0, 0.05) is 12.1 Å². The van der Waals surface area contributed by atoms with E-state index in [2.05, 4.69) is 10.0 Å². The fourth-order valence-electron chi connectivity index (χ4n) is 3.09. The summed E-state index contributed by atoms with van der Waals surface area (Å²) in [5.41, 5.74) is 2.43. The molecule has 34 heavy (non-hydrogen) atoms. The van der Waals surface area contributed by atoms with E-state index in [4.69, 9.17) is 4.74 Å². The van der Waals surface area contributed by atoms with E-state index in [1.807, 2.05) is 0 Å². The standard InChI is InChI=1S/C24H23F3N2O4S/c1-16-10-11-20(34(31,32)29-22-9-4-3-6-17(22)2)13-21(16)23(30)28-14-18-7-5-8-19(12-18)33-15-24(25,26)27/h3-13,29H,14-15H2,1-2H3,(H,28,30). The second-order valence-corrected chi connectivity index (χ2v) is 9.31. The maximum Gasteiger partial charge on any atom is 0.422 e. The van der Waals surface area contributed by atoms with Crippen molar-refractivity contribution in [1.82, 2.24) is 5.32 Å². The highest BCUT2D eigenvalue weighted by molar-refractivity contribution is 7.92. The van der Waals surface area contributed by atoms with Crippen molar-refractivity contribution in [2.75, 3.05) is 11.3 Å². The van der Waals surface area contributed by atoms with Crippen molar-refractivity contribution in [3.8, 4) is 5.75 Å². The van der Waals surface area contributed by atoms with Gasteiger partial charge in [-0.2, -0.15) is 13.2 Å². The molecular weight excluding hydrogens is 469 g/mol. The molecule has 3 aromatic carbocycles. The third-order valence-electron chi connectivity index (χ3n) is 4.91. The fourth-order valence-corrected chi connectivity index (χ4v) is 4.25. The van der Waals surface area contributed by atoms with Gasteiger partial charge in [0.2, 0.25) is 0 Å². The van der Waals surface area contributed by atoms with Crippen LogP contribution in [0.4, 0.5) is 18.9 Å². The van der Waals surface area contributed by atoms with Crippen molar-refractivity contribution in [3.63, 3.8) is 0 Å². The number of halogens is 3. The molecule has 0 aliphatic heterocycles. The summed E-state index contributed by atoms with van der Waals surface area (Å²) in [7, 11) is -3.94. The molecule has 0 atom stereocenters.